The molecule has 33 heavy (non-hydrogen) atoms. The lowest BCUT2D eigenvalue weighted by molar-refractivity contribution is 0.0941. The molecule has 3 rings (SSSR count). The predicted octanol–water partition coefficient (Wildman–Crippen LogP) is 3.67. The molecule has 0 aromatic heterocycles. The Labute approximate surface area is 193 Å². The average Bonchev–Trinajstić information content (AvgIpc) is 2.79. The molecule has 0 aliphatic carbocycles. The maximum Gasteiger partial charge on any atom is 0.261 e. The number of anilines is 1. The number of methoxy groups -OCH3 is 1. The number of halogens is 1. The fourth-order valence-corrected chi connectivity index (χ4v) is 4.39. The van der Waals surface area contributed by atoms with Gasteiger partial charge < -0.3 is 15.0 Å². The third-order valence-electron chi connectivity index (χ3n) is 5.06. The van der Waals surface area contributed by atoms with E-state index in [0.717, 1.165) is 5.56 Å². The van der Waals surface area contributed by atoms with Crippen molar-refractivity contribution in [1.29, 1.82) is 0 Å². The van der Waals surface area contributed by atoms with Crippen LogP contribution in [-0.4, -0.2) is 47.0 Å². The molecule has 0 aliphatic heterocycles. The van der Waals surface area contributed by atoms with E-state index in [2.05, 4.69) is 10.0 Å². The molecule has 0 heterocycles. The fraction of sp³-hybridized carbons (Fsp3) is 0.208. The number of nitrogens with zero attached hydrogens (tertiary/aromatic N) is 1. The van der Waals surface area contributed by atoms with Gasteiger partial charge in [0.15, 0.2) is 0 Å². The van der Waals surface area contributed by atoms with Gasteiger partial charge in [-0.25, -0.2) is 12.8 Å². The minimum atomic E-state index is -3.90. The summed E-state index contributed by atoms with van der Waals surface area (Å²) in [4.78, 5) is 14.6. The summed E-state index contributed by atoms with van der Waals surface area (Å²) in [6.07, 6.45) is 0. The lowest BCUT2D eigenvalue weighted by Crippen LogP contribution is -2.34. The normalized spacial score (nSPS) is 12.3. The number of amides is 1. The molecule has 0 spiro atoms. The maximum atomic E-state index is 13.6. The summed E-state index contributed by atoms with van der Waals surface area (Å²) < 4.78 is 46.8. The lowest BCUT2D eigenvalue weighted by atomic mass is 10.1. The standard InChI is InChI=1S/C24H26FN3O4S/c1-28(2)23(17-6-4-8-19(25)14-17)16-26-24(29)18-7-5-9-22(15-18)33(30,31)27-20-10-12-21(32-3)13-11-20/h4-15,23,27H,16H2,1-3H3,(H,26,29)/t23-/m0/s1. The van der Waals surface area contributed by atoms with Crippen molar-refractivity contribution in [2.75, 3.05) is 32.5 Å². The molecule has 9 heteroatoms. The Hall–Kier alpha value is -3.43. The number of sulfonamides is 1. The number of carbonyl (C=O) groups excluding carboxylic acids is 1. The minimum Gasteiger partial charge on any atom is -0.497 e. The second-order valence-electron chi connectivity index (χ2n) is 7.61. The first kappa shape index (κ1) is 24.2. The molecule has 0 fully saturated rings. The monoisotopic (exact) mass is 471 g/mol. The van der Waals surface area contributed by atoms with Crippen LogP contribution in [-0.2, 0) is 10.0 Å². The molecule has 3 aromatic rings. The van der Waals surface area contributed by atoms with Crippen LogP contribution in [0.2, 0.25) is 0 Å². The van der Waals surface area contributed by atoms with E-state index in [1.54, 1.807) is 36.4 Å². The van der Waals surface area contributed by atoms with Gasteiger partial charge >= 0.3 is 0 Å². The number of rotatable bonds is 9. The molecule has 7 nitrogen and oxygen atoms in total. The number of carbonyl (C=O) groups is 1. The summed E-state index contributed by atoms with van der Waals surface area (Å²) >= 11 is 0. The van der Waals surface area contributed by atoms with Crippen LogP contribution in [0.3, 0.4) is 0 Å². The molecule has 0 aliphatic rings. The number of benzene rings is 3. The van der Waals surface area contributed by atoms with E-state index in [1.165, 1.54) is 43.5 Å². The Bertz CT molecular complexity index is 1210. The van der Waals surface area contributed by atoms with E-state index in [1.807, 2.05) is 19.0 Å². The van der Waals surface area contributed by atoms with E-state index >= 15 is 0 Å². The largest absolute Gasteiger partial charge is 0.497 e. The van der Waals surface area contributed by atoms with Crippen molar-refractivity contribution in [3.8, 4) is 5.75 Å². The van der Waals surface area contributed by atoms with Gasteiger partial charge in [-0.15, -0.1) is 0 Å². The SMILES string of the molecule is COc1ccc(NS(=O)(=O)c2cccc(C(=O)NC[C@@H](c3cccc(F)c3)N(C)C)c2)cc1. The summed E-state index contributed by atoms with van der Waals surface area (Å²) in [7, 11) is 1.29. The Morgan fingerprint density at radius 2 is 1.73 bits per heavy atom. The van der Waals surface area contributed by atoms with Gasteiger partial charge in [0, 0.05) is 17.8 Å². The van der Waals surface area contributed by atoms with Crippen molar-refractivity contribution < 1.29 is 22.3 Å². The predicted molar refractivity (Wildman–Crippen MR) is 125 cm³/mol. The molecule has 3 aromatic carbocycles. The Morgan fingerprint density at radius 1 is 1.03 bits per heavy atom. The van der Waals surface area contributed by atoms with Crippen molar-refractivity contribution in [1.82, 2.24) is 10.2 Å². The van der Waals surface area contributed by atoms with E-state index in [9.17, 15) is 17.6 Å². The zero-order valence-corrected chi connectivity index (χ0v) is 19.4. The second-order valence-corrected chi connectivity index (χ2v) is 9.29. The van der Waals surface area contributed by atoms with Gasteiger partial charge in [0.05, 0.1) is 18.0 Å². The van der Waals surface area contributed by atoms with Crippen molar-refractivity contribution in [2.24, 2.45) is 0 Å². The lowest BCUT2D eigenvalue weighted by Gasteiger charge is -2.25. The van der Waals surface area contributed by atoms with Gasteiger partial charge in [-0.05, 0) is 74.3 Å². The van der Waals surface area contributed by atoms with Gasteiger partial charge in [0.25, 0.3) is 15.9 Å². The van der Waals surface area contributed by atoms with Gasteiger partial charge in [-0.3, -0.25) is 9.52 Å². The van der Waals surface area contributed by atoms with E-state index in [0.29, 0.717) is 11.4 Å². The molecule has 0 bridgehead atoms. The number of likely N-dealkylation sites (N-methyl/N-ethyl adjacent to an activating group) is 1. The number of hydrogen-bond acceptors (Lipinski definition) is 5. The Morgan fingerprint density at radius 3 is 2.36 bits per heavy atom. The van der Waals surface area contributed by atoms with Crippen LogP contribution < -0.4 is 14.8 Å². The van der Waals surface area contributed by atoms with Crippen LogP contribution in [0.4, 0.5) is 10.1 Å². The van der Waals surface area contributed by atoms with Crippen LogP contribution >= 0.6 is 0 Å². The summed E-state index contributed by atoms with van der Waals surface area (Å²) in [6, 6.07) is 18.2. The molecule has 1 atom stereocenters. The first-order valence-corrected chi connectivity index (χ1v) is 11.6. The van der Waals surface area contributed by atoms with Crippen LogP contribution in [0.25, 0.3) is 0 Å². The molecule has 0 unspecified atom stereocenters. The van der Waals surface area contributed by atoms with Crippen LogP contribution in [0, 0.1) is 5.82 Å². The van der Waals surface area contributed by atoms with Crippen molar-refractivity contribution in [3.63, 3.8) is 0 Å². The number of hydrogen-bond donors (Lipinski definition) is 2. The summed E-state index contributed by atoms with van der Waals surface area (Å²) in [5, 5.41) is 2.81. The third-order valence-corrected chi connectivity index (χ3v) is 6.44. The summed E-state index contributed by atoms with van der Waals surface area (Å²) in [5.74, 6) is -0.182. The van der Waals surface area contributed by atoms with Crippen LogP contribution in [0.15, 0.2) is 77.7 Å². The van der Waals surface area contributed by atoms with E-state index in [4.69, 9.17) is 4.74 Å². The fourth-order valence-electron chi connectivity index (χ4n) is 3.28. The van der Waals surface area contributed by atoms with Crippen molar-refractivity contribution in [2.45, 2.75) is 10.9 Å². The Balaban J connectivity index is 1.72. The van der Waals surface area contributed by atoms with E-state index in [-0.39, 0.29) is 28.9 Å². The highest BCUT2D eigenvalue weighted by Gasteiger charge is 2.19. The van der Waals surface area contributed by atoms with Crippen molar-refractivity contribution >= 4 is 21.6 Å². The van der Waals surface area contributed by atoms with Gasteiger partial charge in [-0.2, -0.15) is 0 Å². The number of ether oxygens (including phenoxy) is 1. The average molecular weight is 472 g/mol. The highest BCUT2D eigenvalue weighted by Crippen LogP contribution is 2.21. The molecule has 1 amide bonds. The molecule has 0 radical (unpaired) electrons. The summed E-state index contributed by atoms with van der Waals surface area (Å²) in [5.41, 5.74) is 1.29. The molecule has 174 valence electrons. The first-order valence-electron chi connectivity index (χ1n) is 10.2. The highest BCUT2D eigenvalue weighted by atomic mass is 32.2. The van der Waals surface area contributed by atoms with Crippen LogP contribution in [0.5, 0.6) is 5.75 Å². The van der Waals surface area contributed by atoms with Gasteiger partial charge in [-0.1, -0.05) is 18.2 Å². The molecular weight excluding hydrogens is 445 g/mol. The quantitative estimate of drug-likeness (QED) is 0.497. The summed E-state index contributed by atoms with van der Waals surface area (Å²) in [6.45, 7) is 0.219. The van der Waals surface area contributed by atoms with Gasteiger partial charge in [0.1, 0.15) is 11.6 Å². The first-order chi connectivity index (χ1) is 15.7. The van der Waals surface area contributed by atoms with Crippen molar-refractivity contribution in [3.05, 3.63) is 89.7 Å². The minimum absolute atomic E-state index is 0.0414. The van der Waals surface area contributed by atoms with Gasteiger partial charge in [0.2, 0.25) is 0 Å². The molecule has 2 N–H and O–H groups in total. The highest BCUT2D eigenvalue weighted by molar-refractivity contribution is 7.92. The third kappa shape index (κ3) is 6.30. The topological polar surface area (TPSA) is 87.7 Å². The number of nitrogens with one attached hydrogen (secondary N) is 2. The maximum absolute atomic E-state index is 13.6. The smallest absolute Gasteiger partial charge is 0.261 e. The zero-order chi connectivity index (χ0) is 24.0. The molecule has 0 saturated carbocycles. The second kappa shape index (κ2) is 10.5. The van der Waals surface area contributed by atoms with Crippen LogP contribution in [0.1, 0.15) is 22.0 Å². The molecular formula is C24H26FN3O4S. The Kier molecular flexibility index (Phi) is 7.67. The van der Waals surface area contributed by atoms with E-state index < -0.39 is 15.9 Å². The molecule has 0 saturated heterocycles. The zero-order valence-electron chi connectivity index (χ0n) is 18.6.